The zero-order valence-corrected chi connectivity index (χ0v) is 16.6. The summed E-state index contributed by atoms with van der Waals surface area (Å²) in [5.41, 5.74) is 3.87. The summed E-state index contributed by atoms with van der Waals surface area (Å²) in [4.78, 5) is 24.1. The number of aryl methyl sites for hydroxylation is 2. The van der Waals surface area contributed by atoms with Gasteiger partial charge in [-0.25, -0.2) is 4.79 Å². The summed E-state index contributed by atoms with van der Waals surface area (Å²) < 4.78 is 6.58. The summed E-state index contributed by atoms with van der Waals surface area (Å²) >= 11 is 1.29. The molecule has 1 N–H and O–H groups in total. The van der Waals surface area contributed by atoms with Crippen molar-refractivity contribution in [2.45, 2.75) is 19.0 Å². The lowest BCUT2D eigenvalue weighted by Crippen LogP contribution is -2.16. The maximum atomic E-state index is 12.4. The summed E-state index contributed by atoms with van der Waals surface area (Å²) in [5, 5.41) is 11.5. The van der Waals surface area contributed by atoms with Crippen LogP contribution in [0.25, 0.3) is 5.69 Å². The maximum absolute atomic E-state index is 12.4. The summed E-state index contributed by atoms with van der Waals surface area (Å²) in [7, 11) is 1.32. The van der Waals surface area contributed by atoms with E-state index in [0.717, 1.165) is 16.8 Å². The molecule has 7 nitrogen and oxygen atoms in total. The third-order valence-electron chi connectivity index (χ3n) is 4.16. The van der Waals surface area contributed by atoms with E-state index in [4.69, 9.17) is 4.74 Å². The molecule has 0 aliphatic rings. The molecule has 0 spiro atoms. The molecular formula is C20H20N4O3S. The quantitative estimate of drug-likeness (QED) is 0.508. The van der Waals surface area contributed by atoms with Gasteiger partial charge in [0.05, 0.1) is 24.1 Å². The van der Waals surface area contributed by atoms with Gasteiger partial charge in [0.2, 0.25) is 5.91 Å². The number of methoxy groups -OCH3 is 1. The number of carbonyl (C=O) groups is 2. The molecule has 0 aliphatic carbocycles. The summed E-state index contributed by atoms with van der Waals surface area (Å²) in [6.45, 7) is 3.87. The van der Waals surface area contributed by atoms with Gasteiger partial charge in [0.15, 0.2) is 5.16 Å². The number of ether oxygens (including phenoxy) is 1. The van der Waals surface area contributed by atoms with E-state index in [1.54, 1.807) is 24.5 Å². The first kappa shape index (κ1) is 19.6. The monoisotopic (exact) mass is 396 g/mol. The molecule has 1 aromatic heterocycles. The van der Waals surface area contributed by atoms with E-state index >= 15 is 0 Å². The molecule has 8 heteroatoms. The van der Waals surface area contributed by atoms with Crippen LogP contribution in [0.15, 0.2) is 53.9 Å². The Kier molecular flexibility index (Phi) is 6.10. The van der Waals surface area contributed by atoms with Gasteiger partial charge in [-0.1, -0.05) is 36.0 Å². The number of nitrogens with one attached hydrogen (secondary N) is 1. The number of thioether (sulfide) groups is 1. The van der Waals surface area contributed by atoms with Crippen molar-refractivity contribution in [2.75, 3.05) is 18.2 Å². The standard InChI is InChI=1S/C20H20N4O3S/c1-13-8-9-15(19(26)27-3)10-16(13)22-18(25)11-28-20-23-21-12-24(20)17-7-5-4-6-14(17)2/h4-10,12H,11H2,1-3H3,(H,22,25). The highest BCUT2D eigenvalue weighted by atomic mass is 32.2. The van der Waals surface area contributed by atoms with Crippen molar-refractivity contribution in [3.8, 4) is 5.69 Å². The van der Waals surface area contributed by atoms with Gasteiger partial charge in [0.1, 0.15) is 6.33 Å². The van der Waals surface area contributed by atoms with Crippen LogP contribution in [0.1, 0.15) is 21.5 Å². The van der Waals surface area contributed by atoms with Crippen LogP contribution in [0.4, 0.5) is 5.69 Å². The fourth-order valence-corrected chi connectivity index (χ4v) is 3.36. The average Bonchev–Trinajstić information content (AvgIpc) is 3.16. The zero-order chi connectivity index (χ0) is 20.1. The van der Waals surface area contributed by atoms with Crippen molar-refractivity contribution >= 4 is 29.3 Å². The minimum absolute atomic E-state index is 0.159. The van der Waals surface area contributed by atoms with E-state index in [9.17, 15) is 9.59 Å². The molecule has 0 atom stereocenters. The Hall–Kier alpha value is -3.13. The SMILES string of the molecule is COC(=O)c1ccc(C)c(NC(=O)CSc2nncn2-c2ccccc2C)c1. The Labute approximate surface area is 167 Å². The lowest BCUT2D eigenvalue weighted by Gasteiger charge is -2.11. The largest absolute Gasteiger partial charge is 0.465 e. The van der Waals surface area contributed by atoms with Crippen molar-refractivity contribution in [3.05, 3.63) is 65.5 Å². The molecule has 1 heterocycles. The van der Waals surface area contributed by atoms with Gasteiger partial charge in [-0.05, 0) is 43.2 Å². The van der Waals surface area contributed by atoms with Gasteiger partial charge < -0.3 is 10.1 Å². The molecule has 2 aromatic carbocycles. The number of carbonyl (C=O) groups excluding carboxylic acids is 2. The minimum Gasteiger partial charge on any atom is -0.465 e. The molecule has 0 fully saturated rings. The Bertz CT molecular complexity index is 1020. The van der Waals surface area contributed by atoms with Crippen molar-refractivity contribution in [1.82, 2.24) is 14.8 Å². The molecule has 144 valence electrons. The van der Waals surface area contributed by atoms with Crippen LogP contribution in [0.3, 0.4) is 0 Å². The predicted molar refractivity (Wildman–Crippen MR) is 108 cm³/mol. The zero-order valence-electron chi connectivity index (χ0n) is 15.8. The van der Waals surface area contributed by atoms with Crippen molar-refractivity contribution in [2.24, 2.45) is 0 Å². The lowest BCUT2D eigenvalue weighted by molar-refractivity contribution is -0.113. The van der Waals surface area contributed by atoms with Crippen LogP contribution >= 0.6 is 11.8 Å². The van der Waals surface area contributed by atoms with Crippen molar-refractivity contribution in [3.63, 3.8) is 0 Å². The van der Waals surface area contributed by atoms with E-state index in [2.05, 4.69) is 15.5 Å². The predicted octanol–water partition coefficient (Wildman–Crippen LogP) is 3.40. The van der Waals surface area contributed by atoms with E-state index in [1.807, 2.05) is 42.7 Å². The highest BCUT2D eigenvalue weighted by molar-refractivity contribution is 7.99. The van der Waals surface area contributed by atoms with Crippen molar-refractivity contribution in [1.29, 1.82) is 0 Å². The molecular weight excluding hydrogens is 376 g/mol. The Morgan fingerprint density at radius 3 is 2.68 bits per heavy atom. The smallest absolute Gasteiger partial charge is 0.337 e. The van der Waals surface area contributed by atoms with Crippen molar-refractivity contribution < 1.29 is 14.3 Å². The number of hydrogen-bond donors (Lipinski definition) is 1. The van der Waals surface area contributed by atoms with Crippen LogP contribution in [0, 0.1) is 13.8 Å². The number of amides is 1. The van der Waals surface area contributed by atoms with E-state index < -0.39 is 5.97 Å². The molecule has 1 amide bonds. The third-order valence-corrected chi connectivity index (χ3v) is 5.10. The van der Waals surface area contributed by atoms with E-state index in [0.29, 0.717) is 16.4 Å². The Morgan fingerprint density at radius 2 is 1.93 bits per heavy atom. The van der Waals surface area contributed by atoms with Crippen LogP contribution < -0.4 is 5.32 Å². The van der Waals surface area contributed by atoms with Gasteiger partial charge in [-0.2, -0.15) is 0 Å². The molecule has 3 aromatic rings. The highest BCUT2D eigenvalue weighted by Gasteiger charge is 2.13. The lowest BCUT2D eigenvalue weighted by atomic mass is 10.1. The van der Waals surface area contributed by atoms with Gasteiger partial charge >= 0.3 is 5.97 Å². The molecule has 0 radical (unpaired) electrons. The second-order valence-corrected chi connectivity index (χ2v) is 7.07. The van der Waals surface area contributed by atoms with Crippen LogP contribution in [-0.4, -0.2) is 39.5 Å². The number of anilines is 1. The van der Waals surface area contributed by atoms with E-state index in [-0.39, 0.29) is 11.7 Å². The number of rotatable bonds is 6. The molecule has 0 saturated carbocycles. The summed E-state index contributed by atoms with van der Waals surface area (Å²) in [6, 6.07) is 12.9. The van der Waals surface area contributed by atoms with Gasteiger partial charge in [0, 0.05) is 5.69 Å². The Balaban J connectivity index is 1.69. The number of para-hydroxylation sites is 1. The van der Waals surface area contributed by atoms with E-state index in [1.165, 1.54) is 18.9 Å². The molecule has 0 bridgehead atoms. The van der Waals surface area contributed by atoms with Crippen LogP contribution in [-0.2, 0) is 9.53 Å². The second kappa shape index (κ2) is 8.71. The topological polar surface area (TPSA) is 86.1 Å². The first-order chi connectivity index (χ1) is 13.5. The summed E-state index contributed by atoms with van der Waals surface area (Å²) in [5.74, 6) is -0.488. The third kappa shape index (κ3) is 4.40. The second-order valence-electron chi connectivity index (χ2n) is 6.13. The molecule has 0 aliphatic heterocycles. The molecule has 28 heavy (non-hydrogen) atoms. The van der Waals surface area contributed by atoms with Crippen LogP contribution in [0.2, 0.25) is 0 Å². The number of benzene rings is 2. The average molecular weight is 396 g/mol. The summed E-state index contributed by atoms with van der Waals surface area (Å²) in [6.07, 6.45) is 1.63. The normalized spacial score (nSPS) is 10.5. The minimum atomic E-state index is -0.448. The highest BCUT2D eigenvalue weighted by Crippen LogP contribution is 2.23. The number of hydrogen-bond acceptors (Lipinski definition) is 6. The van der Waals surface area contributed by atoms with Gasteiger partial charge in [0.25, 0.3) is 0 Å². The molecule has 0 saturated heterocycles. The number of nitrogens with zero attached hydrogens (tertiary/aromatic N) is 3. The number of esters is 1. The fraction of sp³-hybridized carbons (Fsp3) is 0.200. The molecule has 0 unspecified atom stereocenters. The maximum Gasteiger partial charge on any atom is 0.337 e. The van der Waals surface area contributed by atoms with Gasteiger partial charge in [-0.15, -0.1) is 10.2 Å². The number of aromatic nitrogens is 3. The molecule has 3 rings (SSSR count). The fourth-order valence-electron chi connectivity index (χ4n) is 2.64. The van der Waals surface area contributed by atoms with Gasteiger partial charge in [-0.3, -0.25) is 9.36 Å². The first-order valence-corrected chi connectivity index (χ1v) is 9.56. The van der Waals surface area contributed by atoms with Crippen LogP contribution in [0.5, 0.6) is 0 Å². The Morgan fingerprint density at radius 1 is 1.14 bits per heavy atom. The first-order valence-electron chi connectivity index (χ1n) is 8.57.